The lowest BCUT2D eigenvalue weighted by Gasteiger charge is -2.06. The number of carbonyl (C=O) groups excluding carboxylic acids is 1. The molecule has 1 heterocycles. The van der Waals surface area contributed by atoms with Crippen LogP contribution < -0.4 is 5.73 Å². The molecule has 0 aliphatic heterocycles. The summed E-state index contributed by atoms with van der Waals surface area (Å²) in [6, 6.07) is 1.20. The average molecular weight is 220 g/mol. The average Bonchev–Trinajstić information content (AvgIpc) is 2.49. The molecule has 3 nitrogen and oxygen atoms in total. The Morgan fingerprint density at radius 3 is 3.00 bits per heavy atom. The second-order valence-corrected chi connectivity index (χ2v) is 4.14. The van der Waals surface area contributed by atoms with Crippen molar-refractivity contribution in [2.45, 2.75) is 12.5 Å². The van der Waals surface area contributed by atoms with Gasteiger partial charge in [-0.15, -0.1) is 11.3 Å². The number of hydrogen-bond acceptors (Lipinski definition) is 4. The number of ether oxygens (including phenoxy) is 1. The van der Waals surface area contributed by atoms with E-state index in [2.05, 4.69) is 4.74 Å². The number of methoxy groups -OCH3 is 1. The summed E-state index contributed by atoms with van der Waals surface area (Å²) in [5, 5.41) is 1.88. The highest BCUT2D eigenvalue weighted by molar-refractivity contribution is 7.14. The van der Waals surface area contributed by atoms with Crippen molar-refractivity contribution in [1.82, 2.24) is 0 Å². The van der Waals surface area contributed by atoms with Crippen LogP contribution in [-0.2, 0) is 16.0 Å². The maximum atomic E-state index is 10.9. The molecule has 0 saturated carbocycles. The zero-order chi connectivity index (χ0) is 9.84. The number of rotatable bonds is 3. The van der Waals surface area contributed by atoms with E-state index in [4.69, 9.17) is 17.3 Å². The molecule has 0 aliphatic carbocycles. The summed E-state index contributed by atoms with van der Waals surface area (Å²) in [4.78, 5) is 10.9. The molecule has 1 rings (SSSR count). The Morgan fingerprint density at radius 1 is 1.85 bits per heavy atom. The SMILES string of the molecule is COC(=O)C(N)Cc1csc(Cl)c1. The van der Waals surface area contributed by atoms with Gasteiger partial charge in [0.25, 0.3) is 0 Å². The van der Waals surface area contributed by atoms with E-state index >= 15 is 0 Å². The van der Waals surface area contributed by atoms with Crippen LogP contribution in [-0.4, -0.2) is 19.1 Å². The molecule has 0 fully saturated rings. The van der Waals surface area contributed by atoms with Crippen molar-refractivity contribution in [3.05, 3.63) is 21.3 Å². The molecule has 0 aromatic carbocycles. The zero-order valence-corrected chi connectivity index (χ0v) is 8.69. The Morgan fingerprint density at radius 2 is 2.54 bits per heavy atom. The first-order chi connectivity index (χ1) is 6.13. The molecule has 0 spiro atoms. The van der Waals surface area contributed by atoms with Gasteiger partial charge in [0, 0.05) is 0 Å². The van der Waals surface area contributed by atoms with E-state index in [1.54, 1.807) is 6.07 Å². The van der Waals surface area contributed by atoms with Gasteiger partial charge in [-0.25, -0.2) is 0 Å². The van der Waals surface area contributed by atoms with Crippen molar-refractivity contribution >= 4 is 28.9 Å². The summed E-state index contributed by atoms with van der Waals surface area (Å²) in [6.45, 7) is 0. The summed E-state index contributed by atoms with van der Waals surface area (Å²) >= 11 is 7.14. The molecule has 2 N–H and O–H groups in total. The highest BCUT2D eigenvalue weighted by Gasteiger charge is 2.14. The second-order valence-electron chi connectivity index (χ2n) is 2.59. The van der Waals surface area contributed by atoms with Crippen LogP contribution in [0.2, 0.25) is 4.34 Å². The first kappa shape index (κ1) is 10.5. The van der Waals surface area contributed by atoms with Crippen LogP contribution in [0.1, 0.15) is 5.56 Å². The predicted molar refractivity (Wildman–Crippen MR) is 53.0 cm³/mol. The Hall–Kier alpha value is -0.580. The Balaban J connectivity index is 2.54. The Bertz CT molecular complexity index is 300. The molecule has 0 aliphatic rings. The minimum atomic E-state index is -0.601. The molecule has 0 bridgehead atoms. The van der Waals surface area contributed by atoms with E-state index in [9.17, 15) is 4.79 Å². The smallest absolute Gasteiger partial charge is 0.322 e. The fraction of sp³-hybridized carbons (Fsp3) is 0.375. The van der Waals surface area contributed by atoms with E-state index < -0.39 is 12.0 Å². The third-order valence-corrected chi connectivity index (χ3v) is 2.72. The van der Waals surface area contributed by atoms with Gasteiger partial charge >= 0.3 is 5.97 Å². The molecule has 13 heavy (non-hydrogen) atoms. The maximum absolute atomic E-state index is 10.9. The lowest BCUT2D eigenvalue weighted by Crippen LogP contribution is -2.33. The van der Waals surface area contributed by atoms with E-state index in [-0.39, 0.29) is 0 Å². The molecular weight excluding hydrogens is 210 g/mol. The Kier molecular flexibility index (Phi) is 3.71. The number of carbonyl (C=O) groups is 1. The van der Waals surface area contributed by atoms with E-state index in [1.165, 1.54) is 18.4 Å². The van der Waals surface area contributed by atoms with Crippen molar-refractivity contribution < 1.29 is 9.53 Å². The molecule has 0 radical (unpaired) electrons. The lowest BCUT2D eigenvalue weighted by atomic mass is 10.1. The number of esters is 1. The fourth-order valence-electron chi connectivity index (χ4n) is 0.941. The topological polar surface area (TPSA) is 52.3 Å². The highest BCUT2D eigenvalue weighted by Crippen LogP contribution is 2.20. The van der Waals surface area contributed by atoms with Crippen LogP contribution in [0.4, 0.5) is 0 Å². The predicted octanol–water partition coefficient (Wildman–Crippen LogP) is 1.44. The lowest BCUT2D eigenvalue weighted by molar-refractivity contribution is -0.142. The van der Waals surface area contributed by atoms with E-state index in [0.29, 0.717) is 10.8 Å². The third kappa shape index (κ3) is 2.99. The Labute approximate surface area is 85.4 Å². The van der Waals surface area contributed by atoms with Crippen molar-refractivity contribution in [1.29, 1.82) is 0 Å². The molecule has 1 atom stereocenters. The minimum absolute atomic E-state index is 0.401. The molecular formula is C8H10ClNO2S. The second kappa shape index (κ2) is 4.60. The maximum Gasteiger partial charge on any atom is 0.322 e. The van der Waals surface area contributed by atoms with Crippen molar-refractivity contribution in [2.24, 2.45) is 5.73 Å². The monoisotopic (exact) mass is 219 g/mol. The van der Waals surface area contributed by atoms with Crippen LogP contribution in [0, 0.1) is 0 Å². The molecule has 72 valence electrons. The van der Waals surface area contributed by atoms with Crippen molar-refractivity contribution in [2.75, 3.05) is 7.11 Å². The normalized spacial score (nSPS) is 12.5. The quantitative estimate of drug-likeness (QED) is 0.783. The van der Waals surface area contributed by atoms with Gasteiger partial charge in [0.1, 0.15) is 6.04 Å². The van der Waals surface area contributed by atoms with Gasteiger partial charge in [-0.1, -0.05) is 11.6 Å². The number of thiophene rings is 1. The first-order valence-electron chi connectivity index (χ1n) is 3.70. The minimum Gasteiger partial charge on any atom is -0.468 e. The van der Waals surface area contributed by atoms with Gasteiger partial charge in [-0.05, 0) is 23.4 Å². The van der Waals surface area contributed by atoms with Crippen molar-refractivity contribution in [3.63, 3.8) is 0 Å². The van der Waals surface area contributed by atoms with Gasteiger partial charge in [0.2, 0.25) is 0 Å². The van der Waals surface area contributed by atoms with Gasteiger partial charge in [0.15, 0.2) is 0 Å². The van der Waals surface area contributed by atoms with Gasteiger partial charge < -0.3 is 10.5 Å². The first-order valence-corrected chi connectivity index (χ1v) is 4.95. The summed E-state index contributed by atoms with van der Waals surface area (Å²) in [5.41, 5.74) is 6.52. The highest BCUT2D eigenvalue weighted by atomic mass is 35.5. The molecule has 0 amide bonds. The summed E-state index contributed by atoms with van der Waals surface area (Å²) in [7, 11) is 1.32. The van der Waals surface area contributed by atoms with Crippen LogP contribution in [0.5, 0.6) is 0 Å². The number of hydrogen-bond donors (Lipinski definition) is 1. The molecule has 1 aromatic heterocycles. The van der Waals surface area contributed by atoms with Crippen LogP contribution in [0.15, 0.2) is 11.4 Å². The van der Waals surface area contributed by atoms with Crippen molar-refractivity contribution in [3.8, 4) is 0 Å². The fourth-order valence-corrected chi connectivity index (χ4v) is 1.86. The molecule has 1 aromatic rings. The van der Waals surface area contributed by atoms with Gasteiger partial charge in [-0.3, -0.25) is 4.79 Å². The summed E-state index contributed by atoms with van der Waals surface area (Å²) < 4.78 is 5.20. The molecule has 5 heteroatoms. The summed E-state index contributed by atoms with van der Waals surface area (Å²) in [6.07, 6.45) is 0.468. The molecule has 1 unspecified atom stereocenters. The third-order valence-electron chi connectivity index (χ3n) is 1.58. The number of nitrogens with two attached hydrogens (primary N) is 1. The van der Waals surface area contributed by atoms with Crippen LogP contribution in [0.3, 0.4) is 0 Å². The van der Waals surface area contributed by atoms with Crippen LogP contribution >= 0.6 is 22.9 Å². The van der Waals surface area contributed by atoms with E-state index in [1.807, 2.05) is 5.38 Å². The largest absolute Gasteiger partial charge is 0.468 e. The standard InChI is InChI=1S/C8H10ClNO2S/c1-12-8(11)6(10)2-5-3-7(9)13-4-5/h3-4,6H,2,10H2,1H3. The van der Waals surface area contributed by atoms with Gasteiger partial charge in [0.05, 0.1) is 11.4 Å². The summed E-state index contributed by atoms with van der Waals surface area (Å²) in [5.74, 6) is -0.401. The molecule has 0 saturated heterocycles. The van der Waals surface area contributed by atoms with E-state index in [0.717, 1.165) is 5.56 Å². The number of halogens is 1. The zero-order valence-electron chi connectivity index (χ0n) is 7.12. The van der Waals surface area contributed by atoms with Crippen LogP contribution in [0.25, 0.3) is 0 Å². The van der Waals surface area contributed by atoms with Gasteiger partial charge in [-0.2, -0.15) is 0 Å².